The number of aromatic nitrogens is 1. The first kappa shape index (κ1) is 20.6. The number of methoxy groups -OCH3 is 1. The van der Waals surface area contributed by atoms with E-state index in [2.05, 4.69) is 11.9 Å². The van der Waals surface area contributed by atoms with E-state index < -0.39 is 11.8 Å². The van der Waals surface area contributed by atoms with E-state index in [0.717, 1.165) is 42.7 Å². The molecule has 0 atom stereocenters. The van der Waals surface area contributed by atoms with Gasteiger partial charge in [-0.3, -0.25) is 0 Å². The second kappa shape index (κ2) is 8.45. The van der Waals surface area contributed by atoms with Gasteiger partial charge in [-0.25, -0.2) is 9.78 Å². The number of benzene rings is 1. The van der Waals surface area contributed by atoms with Gasteiger partial charge in [0.15, 0.2) is 0 Å². The molecule has 6 heteroatoms. The van der Waals surface area contributed by atoms with Gasteiger partial charge in [-0.05, 0) is 38.3 Å². The van der Waals surface area contributed by atoms with Gasteiger partial charge in [0.2, 0.25) is 5.89 Å². The number of ether oxygens (including phenoxy) is 3. The van der Waals surface area contributed by atoms with Crippen molar-refractivity contribution in [2.45, 2.75) is 52.2 Å². The molecule has 152 valence electrons. The fourth-order valence-electron chi connectivity index (χ4n) is 3.36. The van der Waals surface area contributed by atoms with Crippen LogP contribution in [0.3, 0.4) is 0 Å². The lowest BCUT2D eigenvalue weighted by Crippen LogP contribution is -2.51. The largest absolute Gasteiger partial charge is 0.465 e. The van der Waals surface area contributed by atoms with Crippen LogP contribution in [0, 0.1) is 12.3 Å². The number of hydrogen-bond donors (Lipinski definition) is 0. The highest BCUT2D eigenvalue weighted by Crippen LogP contribution is 2.34. The Bertz CT molecular complexity index is 791. The van der Waals surface area contributed by atoms with Crippen LogP contribution in [0.15, 0.2) is 34.7 Å². The van der Waals surface area contributed by atoms with Crippen molar-refractivity contribution in [3.63, 3.8) is 0 Å². The van der Waals surface area contributed by atoms with E-state index in [-0.39, 0.29) is 5.41 Å². The smallest absolute Gasteiger partial charge is 0.366 e. The topological polar surface area (TPSA) is 70.8 Å². The van der Waals surface area contributed by atoms with E-state index >= 15 is 0 Å². The van der Waals surface area contributed by atoms with Gasteiger partial charge >= 0.3 is 5.97 Å². The number of rotatable bonds is 7. The van der Waals surface area contributed by atoms with E-state index in [1.165, 1.54) is 7.11 Å². The van der Waals surface area contributed by atoms with Gasteiger partial charge in [-0.2, -0.15) is 0 Å². The zero-order valence-corrected chi connectivity index (χ0v) is 17.1. The number of oxazole rings is 1. The highest BCUT2D eigenvalue weighted by Gasteiger charge is 2.45. The Hall–Kier alpha value is -2.18. The average molecular weight is 387 g/mol. The third-order valence-corrected chi connectivity index (χ3v) is 5.31. The van der Waals surface area contributed by atoms with Gasteiger partial charge in [0, 0.05) is 17.9 Å². The van der Waals surface area contributed by atoms with E-state index in [1.54, 1.807) is 6.92 Å². The Kier molecular flexibility index (Phi) is 6.20. The summed E-state index contributed by atoms with van der Waals surface area (Å²) in [4.78, 5) is 16.4. The Labute approximate surface area is 166 Å². The van der Waals surface area contributed by atoms with Gasteiger partial charge in [0.25, 0.3) is 5.79 Å². The summed E-state index contributed by atoms with van der Waals surface area (Å²) in [6.07, 6.45) is 3.85. The number of hydrogen-bond acceptors (Lipinski definition) is 6. The molecular weight excluding hydrogens is 358 g/mol. The summed E-state index contributed by atoms with van der Waals surface area (Å²) in [5.74, 6) is -0.232. The highest BCUT2D eigenvalue weighted by molar-refractivity contribution is 5.77. The molecule has 2 heterocycles. The molecular formula is C22H29NO5. The quantitative estimate of drug-likeness (QED) is 0.521. The van der Waals surface area contributed by atoms with Crippen molar-refractivity contribution in [3.05, 3.63) is 41.8 Å². The predicted octanol–water partition coefficient (Wildman–Crippen LogP) is 4.31. The van der Waals surface area contributed by atoms with Crippen LogP contribution in [-0.2, 0) is 25.4 Å². The van der Waals surface area contributed by atoms with Crippen LogP contribution in [0.4, 0.5) is 0 Å². The first-order valence-electron chi connectivity index (χ1n) is 9.73. The number of esters is 1. The third kappa shape index (κ3) is 4.62. The summed E-state index contributed by atoms with van der Waals surface area (Å²) in [5, 5.41) is 0. The molecule has 0 amide bonds. The summed E-state index contributed by atoms with van der Waals surface area (Å²) < 4.78 is 22.0. The number of aryl methyl sites for hydroxylation is 2. The molecule has 1 fully saturated rings. The summed E-state index contributed by atoms with van der Waals surface area (Å²) in [5.41, 5.74) is 1.90. The van der Waals surface area contributed by atoms with Gasteiger partial charge < -0.3 is 18.6 Å². The molecule has 6 nitrogen and oxygen atoms in total. The lowest BCUT2D eigenvalue weighted by molar-refractivity contribution is -0.288. The minimum atomic E-state index is -1.29. The molecule has 0 bridgehead atoms. The Morgan fingerprint density at radius 1 is 1.14 bits per heavy atom. The van der Waals surface area contributed by atoms with Crippen molar-refractivity contribution in [1.29, 1.82) is 0 Å². The van der Waals surface area contributed by atoms with Crippen LogP contribution in [0.2, 0.25) is 0 Å². The minimum Gasteiger partial charge on any atom is -0.465 e. The number of carbonyl (C=O) groups excluding carboxylic acids is 1. The monoisotopic (exact) mass is 387 g/mol. The van der Waals surface area contributed by atoms with Crippen molar-refractivity contribution >= 4 is 5.97 Å². The Morgan fingerprint density at radius 3 is 2.46 bits per heavy atom. The first-order valence-corrected chi connectivity index (χ1v) is 9.73. The molecule has 1 aromatic carbocycles. The van der Waals surface area contributed by atoms with Crippen LogP contribution in [-0.4, -0.2) is 37.1 Å². The molecule has 0 unspecified atom stereocenters. The summed E-state index contributed by atoms with van der Waals surface area (Å²) in [6.45, 7) is 6.64. The fourth-order valence-corrected chi connectivity index (χ4v) is 3.36. The zero-order valence-electron chi connectivity index (χ0n) is 17.1. The van der Waals surface area contributed by atoms with Gasteiger partial charge in [-0.1, -0.05) is 31.5 Å². The maximum absolute atomic E-state index is 11.8. The molecule has 1 saturated heterocycles. The second-order valence-electron chi connectivity index (χ2n) is 7.92. The van der Waals surface area contributed by atoms with E-state index in [0.29, 0.717) is 19.1 Å². The van der Waals surface area contributed by atoms with E-state index in [4.69, 9.17) is 18.6 Å². The highest BCUT2D eigenvalue weighted by atomic mass is 16.7. The molecule has 0 saturated carbocycles. The van der Waals surface area contributed by atoms with Gasteiger partial charge in [-0.15, -0.1) is 0 Å². The van der Waals surface area contributed by atoms with Crippen LogP contribution in [0.1, 0.15) is 44.6 Å². The molecule has 1 aliphatic rings. The zero-order chi connectivity index (χ0) is 20.2. The molecule has 0 radical (unpaired) electrons. The van der Waals surface area contributed by atoms with Gasteiger partial charge in [0.1, 0.15) is 5.76 Å². The number of unbranched alkanes of at least 4 members (excludes halogenated alkanes) is 1. The standard InChI is InChI=1S/C22H29NO5/c1-16-18(23-19(28-16)17-10-6-5-7-11-17)12-8-9-13-21(2)14-26-22(3,27-15-21)20(24)25-4/h5-7,10-11H,8-9,12-15H2,1-4H3/t21-,22+. The summed E-state index contributed by atoms with van der Waals surface area (Å²) in [7, 11) is 1.34. The summed E-state index contributed by atoms with van der Waals surface area (Å²) in [6, 6.07) is 9.94. The van der Waals surface area contributed by atoms with E-state index in [9.17, 15) is 4.79 Å². The van der Waals surface area contributed by atoms with Crippen molar-refractivity contribution in [2.24, 2.45) is 5.41 Å². The number of nitrogens with zero attached hydrogens (tertiary/aromatic N) is 1. The van der Waals surface area contributed by atoms with E-state index in [1.807, 2.05) is 37.3 Å². The molecule has 2 aromatic rings. The maximum atomic E-state index is 11.8. The van der Waals surface area contributed by atoms with Crippen LogP contribution in [0.25, 0.3) is 11.5 Å². The Morgan fingerprint density at radius 2 is 1.82 bits per heavy atom. The van der Waals surface area contributed by atoms with Crippen molar-refractivity contribution in [1.82, 2.24) is 4.98 Å². The lowest BCUT2D eigenvalue weighted by atomic mass is 9.85. The summed E-state index contributed by atoms with van der Waals surface area (Å²) >= 11 is 0. The molecule has 0 N–H and O–H groups in total. The van der Waals surface area contributed by atoms with Crippen LogP contribution < -0.4 is 0 Å². The maximum Gasteiger partial charge on any atom is 0.366 e. The van der Waals surface area contributed by atoms with Crippen molar-refractivity contribution in [2.75, 3.05) is 20.3 Å². The molecule has 0 aliphatic carbocycles. The normalized spacial score (nSPS) is 24.9. The predicted molar refractivity (Wildman–Crippen MR) is 105 cm³/mol. The SMILES string of the molecule is COC(=O)[C@]1(C)OC[C@](C)(CCCCc2nc(-c3ccccc3)oc2C)CO1. The molecule has 3 rings (SSSR count). The molecule has 1 aromatic heterocycles. The molecule has 0 spiro atoms. The van der Waals surface area contributed by atoms with Crippen LogP contribution in [0.5, 0.6) is 0 Å². The van der Waals surface area contributed by atoms with Gasteiger partial charge in [0.05, 0.1) is 26.0 Å². The fraction of sp³-hybridized carbons (Fsp3) is 0.545. The average Bonchev–Trinajstić information content (AvgIpc) is 3.09. The van der Waals surface area contributed by atoms with Crippen molar-refractivity contribution < 1.29 is 23.4 Å². The molecule has 1 aliphatic heterocycles. The van der Waals surface area contributed by atoms with Crippen molar-refractivity contribution in [3.8, 4) is 11.5 Å². The number of carbonyl (C=O) groups is 1. The second-order valence-corrected chi connectivity index (χ2v) is 7.92. The molecule has 28 heavy (non-hydrogen) atoms. The van der Waals surface area contributed by atoms with Crippen LogP contribution >= 0.6 is 0 Å². The third-order valence-electron chi connectivity index (χ3n) is 5.31. The Balaban J connectivity index is 1.48. The first-order chi connectivity index (χ1) is 13.4. The minimum absolute atomic E-state index is 0.110. The lowest BCUT2D eigenvalue weighted by Gasteiger charge is -2.41.